The second-order valence-electron chi connectivity index (χ2n) is 7.73. The molecule has 3 aromatic rings. The van der Waals surface area contributed by atoms with Crippen molar-refractivity contribution in [3.05, 3.63) is 41.5 Å². The normalized spacial score (nSPS) is 22.5. The smallest absolute Gasteiger partial charge is 0.158 e. The first-order valence-corrected chi connectivity index (χ1v) is 10.9. The Hall–Kier alpha value is -2.02. The van der Waals surface area contributed by atoms with Crippen molar-refractivity contribution in [1.82, 2.24) is 9.97 Å². The molecule has 5 rings (SSSR count). The Balaban J connectivity index is 1.52. The number of thiophene rings is 1. The second kappa shape index (κ2) is 7.78. The summed E-state index contributed by atoms with van der Waals surface area (Å²) in [5.41, 5.74) is 2.39. The molecule has 2 atom stereocenters. The Labute approximate surface area is 169 Å². The van der Waals surface area contributed by atoms with Crippen molar-refractivity contribution in [1.29, 1.82) is 0 Å². The van der Waals surface area contributed by atoms with Gasteiger partial charge in [0.2, 0.25) is 0 Å². The number of aromatic nitrogens is 2. The summed E-state index contributed by atoms with van der Waals surface area (Å²) in [6.45, 7) is 1.24. The van der Waals surface area contributed by atoms with Crippen molar-refractivity contribution >= 4 is 27.4 Å². The summed E-state index contributed by atoms with van der Waals surface area (Å²) < 4.78 is 11.3. The first-order chi connectivity index (χ1) is 13.8. The summed E-state index contributed by atoms with van der Waals surface area (Å²) in [6.07, 6.45) is 5.10. The molecule has 1 aliphatic carbocycles. The van der Waals surface area contributed by atoms with E-state index in [9.17, 15) is 0 Å². The minimum absolute atomic E-state index is 0.386. The van der Waals surface area contributed by atoms with E-state index in [2.05, 4.69) is 35.0 Å². The van der Waals surface area contributed by atoms with Crippen LogP contribution < -0.4 is 5.32 Å². The molecule has 2 fully saturated rings. The topological polar surface area (TPSA) is 56.3 Å². The average molecular weight is 396 g/mol. The molecular weight excluding hydrogens is 370 g/mol. The minimum atomic E-state index is 0.386. The number of methoxy groups -OCH3 is 1. The van der Waals surface area contributed by atoms with Gasteiger partial charge in [-0.1, -0.05) is 30.3 Å². The van der Waals surface area contributed by atoms with Gasteiger partial charge in [0, 0.05) is 30.7 Å². The molecule has 28 heavy (non-hydrogen) atoms. The molecule has 0 radical (unpaired) electrons. The molecular formula is C22H25N3O2S. The maximum atomic E-state index is 6.01. The Bertz CT molecular complexity index is 955. The van der Waals surface area contributed by atoms with Crippen LogP contribution in [0.2, 0.25) is 0 Å². The zero-order valence-corrected chi connectivity index (χ0v) is 16.9. The van der Waals surface area contributed by atoms with Crippen LogP contribution in [0.15, 0.2) is 35.7 Å². The van der Waals surface area contributed by atoms with Crippen LogP contribution in [-0.4, -0.2) is 35.8 Å². The van der Waals surface area contributed by atoms with Gasteiger partial charge in [0.1, 0.15) is 17.3 Å². The minimum Gasteiger partial charge on any atom is -0.378 e. The number of hydrogen-bond donors (Lipinski definition) is 1. The zero-order chi connectivity index (χ0) is 18.9. The van der Waals surface area contributed by atoms with Crippen LogP contribution in [0.25, 0.3) is 21.3 Å². The van der Waals surface area contributed by atoms with Gasteiger partial charge in [-0.05, 0) is 37.2 Å². The quantitative estimate of drug-likeness (QED) is 0.645. The highest BCUT2D eigenvalue weighted by molar-refractivity contribution is 7.17. The van der Waals surface area contributed by atoms with Gasteiger partial charge in [-0.3, -0.25) is 0 Å². The third-order valence-corrected chi connectivity index (χ3v) is 6.51. The lowest BCUT2D eigenvalue weighted by Gasteiger charge is -2.30. The maximum Gasteiger partial charge on any atom is 0.158 e. The number of hydrogen-bond acceptors (Lipinski definition) is 6. The summed E-state index contributed by atoms with van der Waals surface area (Å²) in [4.78, 5) is 10.6. The standard InChI is InChI=1S/C22H25N3O2S/c1-26-12-19-24-21(23-16-9-10-27-18(11-16)15-7-8-15)20-17(13-28-22(20)25-19)14-5-3-2-4-6-14/h2-6,13,15-16,18H,7-12H2,1H3,(H,23,24,25). The highest BCUT2D eigenvalue weighted by atomic mass is 32.1. The van der Waals surface area contributed by atoms with Crippen LogP contribution in [0.3, 0.4) is 0 Å². The molecule has 6 heteroatoms. The predicted molar refractivity (Wildman–Crippen MR) is 113 cm³/mol. The molecule has 2 aromatic heterocycles. The van der Waals surface area contributed by atoms with Crippen molar-refractivity contribution < 1.29 is 9.47 Å². The lowest BCUT2D eigenvalue weighted by molar-refractivity contribution is -0.00222. The number of fused-ring (bicyclic) bond motifs is 1. The highest BCUT2D eigenvalue weighted by Crippen LogP contribution is 2.40. The molecule has 1 saturated heterocycles. The molecule has 146 valence electrons. The molecule has 0 bridgehead atoms. The van der Waals surface area contributed by atoms with Gasteiger partial charge >= 0.3 is 0 Å². The lowest BCUT2D eigenvalue weighted by atomic mass is 9.99. The monoisotopic (exact) mass is 395 g/mol. The molecule has 1 saturated carbocycles. The first kappa shape index (κ1) is 18.0. The van der Waals surface area contributed by atoms with Gasteiger partial charge in [-0.25, -0.2) is 9.97 Å². The highest BCUT2D eigenvalue weighted by Gasteiger charge is 2.36. The Morgan fingerprint density at radius 3 is 2.82 bits per heavy atom. The van der Waals surface area contributed by atoms with E-state index in [1.807, 2.05) is 6.07 Å². The third kappa shape index (κ3) is 3.64. The summed E-state index contributed by atoms with van der Waals surface area (Å²) in [7, 11) is 1.68. The largest absolute Gasteiger partial charge is 0.378 e. The van der Waals surface area contributed by atoms with Gasteiger partial charge < -0.3 is 14.8 Å². The molecule has 5 nitrogen and oxygen atoms in total. The molecule has 0 spiro atoms. The zero-order valence-electron chi connectivity index (χ0n) is 16.1. The fourth-order valence-corrected chi connectivity index (χ4v) is 5.03. The van der Waals surface area contributed by atoms with E-state index >= 15 is 0 Å². The van der Waals surface area contributed by atoms with Crippen molar-refractivity contribution in [3.63, 3.8) is 0 Å². The van der Waals surface area contributed by atoms with Crippen molar-refractivity contribution in [2.24, 2.45) is 5.92 Å². The number of nitrogens with one attached hydrogen (secondary N) is 1. The fourth-order valence-electron chi connectivity index (χ4n) is 4.06. The van der Waals surface area contributed by atoms with Gasteiger partial charge in [-0.15, -0.1) is 11.3 Å². The van der Waals surface area contributed by atoms with E-state index in [0.29, 0.717) is 18.8 Å². The summed E-state index contributed by atoms with van der Waals surface area (Å²) in [5, 5.41) is 7.06. The Kier molecular flexibility index (Phi) is 5.01. The van der Waals surface area contributed by atoms with Gasteiger partial charge in [0.05, 0.1) is 11.5 Å². The number of anilines is 1. The Morgan fingerprint density at radius 1 is 1.18 bits per heavy atom. The molecule has 0 amide bonds. The molecule has 2 aliphatic rings. The van der Waals surface area contributed by atoms with Crippen molar-refractivity contribution in [3.8, 4) is 11.1 Å². The summed E-state index contributed by atoms with van der Waals surface area (Å²) in [5.74, 6) is 2.42. The average Bonchev–Trinajstić information content (AvgIpc) is 3.49. The van der Waals surface area contributed by atoms with Gasteiger partial charge in [-0.2, -0.15) is 0 Å². The van der Waals surface area contributed by atoms with E-state index in [0.717, 1.165) is 47.2 Å². The summed E-state index contributed by atoms with van der Waals surface area (Å²) >= 11 is 1.67. The molecule has 2 unspecified atom stereocenters. The van der Waals surface area contributed by atoms with Gasteiger partial charge in [0.15, 0.2) is 5.82 Å². The SMILES string of the molecule is COCc1nc(NC2CCOC(C3CC3)C2)c2c(-c3ccccc3)csc2n1. The van der Waals surface area contributed by atoms with Crippen LogP contribution >= 0.6 is 11.3 Å². The van der Waals surface area contributed by atoms with E-state index in [1.165, 1.54) is 24.0 Å². The van der Waals surface area contributed by atoms with Crippen LogP contribution in [0, 0.1) is 5.92 Å². The lowest BCUT2D eigenvalue weighted by Crippen LogP contribution is -2.35. The summed E-state index contributed by atoms with van der Waals surface area (Å²) in [6, 6.07) is 10.9. The Morgan fingerprint density at radius 2 is 2.04 bits per heavy atom. The van der Waals surface area contributed by atoms with Crippen LogP contribution in [0.5, 0.6) is 0 Å². The predicted octanol–water partition coefficient (Wildman–Crippen LogP) is 4.87. The van der Waals surface area contributed by atoms with E-state index in [4.69, 9.17) is 19.4 Å². The molecule has 3 heterocycles. The maximum absolute atomic E-state index is 6.01. The number of nitrogens with zero attached hydrogens (tertiary/aromatic N) is 2. The second-order valence-corrected chi connectivity index (χ2v) is 8.59. The first-order valence-electron chi connectivity index (χ1n) is 10.0. The van der Waals surface area contributed by atoms with Gasteiger partial charge in [0.25, 0.3) is 0 Å². The van der Waals surface area contributed by atoms with Crippen LogP contribution in [-0.2, 0) is 16.1 Å². The number of ether oxygens (including phenoxy) is 2. The van der Waals surface area contributed by atoms with E-state index in [1.54, 1.807) is 18.4 Å². The van der Waals surface area contributed by atoms with E-state index in [-0.39, 0.29) is 0 Å². The van der Waals surface area contributed by atoms with E-state index < -0.39 is 0 Å². The number of benzene rings is 1. The van der Waals surface area contributed by atoms with Crippen molar-refractivity contribution in [2.45, 2.75) is 44.4 Å². The molecule has 1 aromatic carbocycles. The molecule has 1 aliphatic heterocycles. The molecule has 1 N–H and O–H groups in total. The van der Waals surface area contributed by atoms with Crippen LogP contribution in [0.4, 0.5) is 5.82 Å². The number of rotatable bonds is 6. The van der Waals surface area contributed by atoms with Crippen LogP contribution in [0.1, 0.15) is 31.5 Å². The third-order valence-electron chi connectivity index (χ3n) is 5.64. The van der Waals surface area contributed by atoms with Crippen molar-refractivity contribution in [2.75, 3.05) is 19.0 Å². The fraction of sp³-hybridized carbons (Fsp3) is 0.455.